The van der Waals surface area contributed by atoms with Crippen molar-refractivity contribution in [2.24, 2.45) is 0 Å². The molecule has 0 saturated heterocycles. The number of aryl methyl sites for hydroxylation is 1. The number of carbonyl (C=O) groups excluding carboxylic acids is 1. The van der Waals surface area contributed by atoms with Gasteiger partial charge in [-0.25, -0.2) is 0 Å². The normalized spacial score (nSPS) is 15.2. The Morgan fingerprint density at radius 1 is 1.17 bits per heavy atom. The summed E-state index contributed by atoms with van der Waals surface area (Å²) in [5.74, 6) is 3.00. The van der Waals surface area contributed by atoms with Crippen molar-refractivity contribution in [3.8, 4) is 11.5 Å². The molecule has 7 nitrogen and oxygen atoms in total. The van der Waals surface area contributed by atoms with Crippen LogP contribution in [0.15, 0.2) is 57.9 Å². The van der Waals surface area contributed by atoms with Crippen LogP contribution >= 0.6 is 11.8 Å². The fourth-order valence-electron chi connectivity index (χ4n) is 3.05. The SMILES string of the molecule is Cc1noc(CSc2ccccc2C(=O)N(C)CC2COc3ccccc3O2)n1. The maximum absolute atomic E-state index is 13.1. The second-order valence-electron chi connectivity index (χ2n) is 6.70. The summed E-state index contributed by atoms with van der Waals surface area (Å²) in [6, 6.07) is 15.1. The fourth-order valence-corrected chi connectivity index (χ4v) is 3.94. The maximum atomic E-state index is 13.1. The third-order valence-corrected chi connectivity index (χ3v) is 5.49. The highest BCUT2D eigenvalue weighted by Gasteiger charge is 2.25. The van der Waals surface area contributed by atoms with Gasteiger partial charge in [-0.1, -0.05) is 29.4 Å². The van der Waals surface area contributed by atoms with E-state index in [0.29, 0.717) is 41.9 Å². The lowest BCUT2D eigenvalue weighted by Gasteiger charge is -2.29. The molecule has 0 aliphatic carbocycles. The summed E-state index contributed by atoms with van der Waals surface area (Å²) >= 11 is 1.50. The van der Waals surface area contributed by atoms with Crippen LogP contribution in [-0.4, -0.2) is 47.3 Å². The summed E-state index contributed by atoms with van der Waals surface area (Å²) in [6.07, 6.45) is -0.222. The summed E-state index contributed by atoms with van der Waals surface area (Å²) in [7, 11) is 1.77. The minimum atomic E-state index is -0.222. The number of amides is 1. The highest BCUT2D eigenvalue weighted by atomic mass is 32.2. The van der Waals surface area contributed by atoms with Crippen molar-refractivity contribution in [2.45, 2.75) is 23.7 Å². The molecule has 0 radical (unpaired) electrons. The molecule has 1 aliphatic heterocycles. The summed E-state index contributed by atoms with van der Waals surface area (Å²) < 4.78 is 16.9. The topological polar surface area (TPSA) is 77.7 Å². The lowest BCUT2D eigenvalue weighted by atomic mass is 10.2. The zero-order valence-corrected chi connectivity index (χ0v) is 17.0. The van der Waals surface area contributed by atoms with Gasteiger partial charge in [0.15, 0.2) is 23.4 Å². The van der Waals surface area contributed by atoms with E-state index in [4.69, 9.17) is 14.0 Å². The molecule has 1 atom stereocenters. The van der Waals surface area contributed by atoms with E-state index in [2.05, 4.69) is 10.1 Å². The summed E-state index contributed by atoms with van der Waals surface area (Å²) in [6.45, 7) is 2.61. The molecular formula is C21H21N3O4S. The highest BCUT2D eigenvalue weighted by molar-refractivity contribution is 7.98. The number of hydrogen-bond donors (Lipinski definition) is 0. The Balaban J connectivity index is 1.41. The van der Waals surface area contributed by atoms with E-state index in [1.807, 2.05) is 48.5 Å². The molecule has 8 heteroatoms. The first kappa shape index (κ1) is 19.3. The summed E-state index contributed by atoms with van der Waals surface area (Å²) in [5.41, 5.74) is 0.633. The number of carbonyl (C=O) groups is 1. The number of fused-ring (bicyclic) bond motifs is 1. The standard InChI is InChI=1S/C21H21N3O4S/c1-14-22-20(28-23-14)13-29-19-10-6-3-7-16(19)21(25)24(2)11-15-12-26-17-8-4-5-9-18(17)27-15/h3-10,15H,11-13H2,1-2H3. The number of ether oxygens (including phenoxy) is 2. The second-order valence-corrected chi connectivity index (χ2v) is 7.72. The Morgan fingerprint density at radius 3 is 2.72 bits per heavy atom. The zero-order valence-electron chi connectivity index (χ0n) is 16.2. The minimum Gasteiger partial charge on any atom is -0.486 e. The van der Waals surface area contributed by atoms with Crippen LogP contribution in [0.3, 0.4) is 0 Å². The molecule has 1 aliphatic rings. The quantitative estimate of drug-likeness (QED) is 0.574. The predicted octanol–water partition coefficient (Wildman–Crippen LogP) is 3.58. The molecule has 3 aromatic rings. The van der Waals surface area contributed by atoms with Gasteiger partial charge in [-0.3, -0.25) is 4.79 Å². The number of para-hydroxylation sites is 2. The van der Waals surface area contributed by atoms with Crippen molar-refractivity contribution in [2.75, 3.05) is 20.2 Å². The van der Waals surface area contributed by atoms with Gasteiger partial charge in [-0.05, 0) is 31.2 Å². The molecular weight excluding hydrogens is 390 g/mol. The molecule has 0 N–H and O–H groups in total. The van der Waals surface area contributed by atoms with Crippen LogP contribution in [0.4, 0.5) is 0 Å². The average Bonchev–Trinajstić information content (AvgIpc) is 3.17. The maximum Gasteiger partial charge on any atom is 0.254 e. The number of hydrogen-bond acceptors (Lipinski definition) is 7. The van der Waals surface area contributed by atoms with E-state index < -0.39 is 0 Å². The van der Waals surface area contributed by atoms with Gasteiger partial charge in [0.1, 0.15) is 6.61 Å². The fraction of sp³-hybridized carbons (Fsp3) is 0.286. The summed E-state index contributed by atoms with van der Waals surface area (Å²) in [5, 5.41) is 3.80. The van der Waals surface area contributed by atoms with E-state index in [0.717, 1.165) is 10.6 Å². The van der Waals surface area contributed by atoms with Crippen LogP contribution in [-0.2, 0) is 5.75 Å². The summed E-state index contributed by atoms with van der Waals surface area (Å²) in [4.78, 5) is 19.8. The van der Waals surface area contributed by atoms with Crippen LogP contribution < -0.4 is 9.47 Å². The molecule has 0 saturated carbocycles. The average molecular weight is 411 g/mol. The predicted molar refractivity (Wildman–Crippen MR) is 108 cm³/mol. The lowest BCUT2D eigenvalue weighted by Crippen LogP contribution is -2.41. The Kier molecular flexibility index (Phi) is 5.71. The highest BCUT2D eigenvalue weighted by Crippen LogP contribution is 2.31. The number of thioether (sulfide) groups is 1. The van der Waals surface area contributed by atoms with E-state index in [9.17, 15) is 4.79 Å². The molecule has 1 amide bonds. The van der Waals surface area contributed by atoms with Crippen molar-refractivity contribution in [3.63, 3.8) is 0 Å². The Morgan fingerprint density at radius 2 is 1.93 bits per heavy atom. The van der Waals surface area contributed by atoms with Gasteiger partial charge in [0.05, 0.1) is 17.9 Å². The third kappa shape index (κ3) is 4.54. The zero-order chi connectivity index (χ0) is 20.2. The largest absolute Gasteiger partial charge is 0.486 e. The van der Waals surface area contributed by atoms with Crippen LogP contribution in [0.1, 0.15) is 22.1 Å². The van der Waals surface area contributed by atoms with Gasteiger partial charge in [0, 0.05) is 11.9 Å². The number of rotatable bonds is 6. The van der Waals surface area contributed by atoms with E-state index >= 15 is 0 Å². The number of benzene rings is 2. The first-order chi connectivity index (χ1) is 14.1. The molecule has 150 valence electrons. The number of likely N-dealkylation sites (N-methyl/N-ethyl adjacent to an activating group) is 1. The van der Waals surface area contributed by atoms with Crippen molar-refractivity contribution in [1.29, 1.82) is 0 Å². The van der Waals surface area contributed by atoms with Crippen LogP contribution in [0.25, 0.3) is 0 Å². The number of nitrogens with zero attached hydrogens (tertiary/aromatic N) is 3. The molecule has 2 aromatic carbocycles. The first-order valence-electron chi connectivity index (χ1n) is 9.25. The first-order valence-corrected chi connectivity index (χ1v) is 10.2. The Hall–Kier alpha value is -3.00. The molecule has 0 bridgehead atoms. The van der Waals surface area contributed by atoms with Crippen molar-refractivity contribution < 1.29 is 18.8 Å². The van der Waals surface area contributed by atoms with Crippen LogP contribution in [0.2, 0.25) is 0 Å². The molecule has 0 spiro atoms. The second kappa shape index (κ2) is 8.57. The molecule has 29 heavy (non-hydrogen) atoms. The molecule has 0 fully saturated rings. The van der Waals surface area contributed by atoms with E-state index in [1.54, 1.807) is 18.9 Å². The third-order valence-electron chi connectivity index (χ3n) is 4.43. The van der Waals surface area contributed by atoms with Gasteiger partial charge in [0.2, 0.25) is 5.89 Å². The van der Waals surface area contributed by atoms with Crippen molar-refractivity contribution >= 4 is 17.7 Å². The van der Waals surface area contributed by atoms with Crippen LogP contribution in [0.5, 0.6) is 11.5 Å². The van der Waals surface area contributed by atoms with E-state index in [1.165, 1.54) is 11.8 Å². The molecule has 2 heterocycles. The number of aromatic nitrogens is 2. The van der Waals surface area contributed by atoms with Crippen LogP contribution in [0, 0.1) is 6.92 Å². The van der Waals surface area contributed by atoms with Gasteiger partial charge in [-0.15, -0.1) is 11.8 Å². The Labute approximate surface area is 173 Å². The van der Waals surface area contributed by atoms with Crippen molar-refractivity contribution in [1.82, 2.24) is 15.0 Å². The smallest absolute Gasteiger partial charge is 0.254 e. The molecule has 1 unspecified atom stereocenters. The minimum absolute atomic E-state index is 0.0720. The van der Waals surface area contributed by atoms with Gasteiger partial charge in [0.25, 0.3) is 5.91 Å². The molecule has 1 aromatic heterocycles. The van der Waals surface area contributed by atoms with Gasteiger partial charge < -0.3 is 18.9 Å². The van der Waals surface area contributed by atoms with Gasteiger partial charge >= 0.3 is 0 Å². The Bertz CT molecular complexity index is 1010. The monoisotopic (exact) mass is 411 g/mol. The van der Waals surface area contributed by atoms with Gasteiger partial charge in [-0.2, -0.15) is 4.98 Å². The van der Waals surface area contributed by atoms with E-state index in [-0.39, 0.29) is 12.0 Å². The molecule has 4 rings (SSSR count). The van der Waals surface area contributed by atoms with Crippen molar-refractivity contribution in [3.05, 3.63) is 65.8 Å². The lowest BCUT2D eigenvalue weighted by molar-refractivity contribution is 0.0519.